The largest absolute Gasteiger partial charge is 0.395 e. The highest BCUT2D eigenvalue weighted by Crippen LogP contribution is 2.33. The number of aromatic nitrogens is 2. The molecule has 0 saturated carbocycles. The van der Waals surface area contributed by atoms with E-state index in [0.29, 0.717) is 6.04 Å². The summed E-state index contributed by atoms with van der Waals surface area (Å²) in [5, 5.41) is 9.27. The van der Waals surface area contributed by atoms with Crippen LogP contribution in [0.4, 0.5) is 0 Å². The minimum absolute atomic E-state index is 0.234. The van der Waals surface area contributed by atoms with Crippen LogP contribution in [0.2, 0.25) is 0 Å². The highest BCUT2D eigenvalue weighted by atomic mass is 16.3. The van der Waals surface area contributed by atoms with Gasteiger partial charge in [-0.2, -0.15) is 0 Å². The van der Waals surface area contributed by atoms with Gasteiger partial charge in [0.2, 0.25) is 0 Å². The van der Waals surface area contributed by atoms with Crippen LogP contribution in [0.15, 0.2) is 43.0 Å². The van der Waals surface area contributed by atoms with Crippen LogP contribution in [-0.2, 0) is 0 Å². The number of hydrogen-bond donors (Lipinski definition) is 1. The normalized spacial score (nSPS) is 23.3. The van der Waals surface area contributed by atoms with Crippen molar-refractivity contribution in [3.63, 3.8) is 0 Å². The number of nitrogens with zero attached hydrogens (tertiary/aromatic N) is 3. The summed E-state index contributed by atoms with van der Waals surface area (Å²) in [5.41, 5.74) is 2.48. The Labute approximate surface area is 126 Å². The maximum Gasteiger partial charge on any atom is 0.0991 e. The van der Waals surface area contributed by atoms with Gasteiger partial charge in [0.15, 0.2) is 0 Å². The molecule has 21 heavy (non-hydrogen) atoms. The number of rotatable bonds is 4. The zero-order valence-electron chi connectivity index (χ0n) is 12.5. The van der Waals surface area contributed by atoms with E-state index in [4.69, 9.17) is 0 Å². The lowest BCUT2D eigenvalue weighted by molar-refractivity contribution is 0.0941. The first-order valence-corrected chi connectivity index (χ1v) is 7.71. The fraction of sp³-hybridized carbons (Fsp3) is 0.471. The van der Waals surface area contributed by atoms with Crippen molar-refractivity contribution in [1.29, 1.82) is 0 Å². The predicted octanol–water partition coefficient (Wildman–Crippen LogP) is 2.64. The second-order valence-corrected chi connectivity index (χ2v) is 5.97. The van der Waals surface area contributed by atoms with Crippen LogP contribution in [-0.4, -0.2) is 39.3 Å². The van der Waals surface area contributed by atoms with Gasteiger partial charge >= 0.3 is 0 Å². The Hall–Kier alpha value is -1.65. The van der Waals surface area contributed by atoms with Gasteiger partial charge in [0.1, 0.15) is 0 Å². The van der Waals surface area contributed by atoms with Crippen molar-refractivity contribution in [3.05, 3.63) is 48.5 Å². The molecular weight excluding hydrogens is 262 g/mol. The van der Waals surface area contributed by atoms with Gasteiger partial charge in [-0.05, 0) is 43.0 Å². The Bertz CT molecular complexity index is 550. The van der Waals surface area contributed by atoms with Crippen LogP contribution in [0.25, 0.3) is 5.69 Å². The molecule has 2 heterocycles. The smallest absolute Gasteiger partial charge is 0.0991 e. The van der Waals surface area contributed by atoms with Crippen LogP contribution in [0, 0.1) is 5.92 Å². The van der Waals surface area contributed by atoms with Crippen molar-refractivity contribution < 1.29 is 5.11 Å². The summed E-state index contributed by atoms with van der Waals surface area (Å²) in [5.74, 6) is 0.748. The van der Waals surface area contributed by atoms with Crippen LogP contribution >= 0.6 is 0 Å². The minimum atomic E-state index is 0.234. The lowest BCUT2D eigenvalue weighted by atomic mass is 9.88. The first-order valence-electron chi connectivity index (χ1n) is 7.71. The van der Waals surface area contributed by atoms with Crippen molar-refractivity contribution in [2.24, 2.45) is 5.92 Å². The molecule has 112 valence electrons. The first-order chi connectivity index (χ1) is 10.3. The van der Waals surface area contributed by atoms with E-state index < -0.39 is 0 Å². The molecule has 0 radical (unpaired) electrons. The fourth-order valence-corrected chi connectivity index (χ4v) is 3.21. The standard InChI is InChI=1S/C17H23N3O/c1-14-6-8-19(10-11-21)17(12-14)15-2-4-16(5-3-15)20-9-7-18-13-20/h2-5,7,9,13-14,17,21H,6,8,10-12H2,1H3. The van der Waals surface area contributed by atoms with Gasteiger partial charge in [-0.3, -0.25) is 4.90 Å². The van der Waals surface area contributed by atoms with Crippen LogP contribution in [0.5, 0.6) is 0 Å². The summed E-state index contributed by atoms with van der Waals surface area (Å²) in [6, 6.07) is 9.14. The summed E-state index contributed by atoms with van der Waals surface area (Å²) in [7, 11) is 0. The molecule has 0 amide bonds. The highest BCUT2D eigenvalue weighted by molar-refractivity contribution is 5.35. The van der Waals surface area contributed by atoms with Gasteiger partial charge in [0, 0.05) is 30.7 Å². The summed E-state index contributed by atoms with van der Waals surface area (Å²) in [6.07, 6.45) is 7.96. The molecule has 1 aromatic carbocycles. The zero-order chi connectivity index (χ0) is 14.7. The fourth-order valence-electron chi connectivity index (χ4n) is 3.21. The van der Waals surface area contributed by atoms with E-state index in [2.05, 4.69) is 41.1 Å². The second-order valence-electron chi connectivity index (χ2n) is 5.97. The van der Waals surface area contributed by atoms with Gasteiger partial charge in [0.05, 0.1) is 12.9 Å². The van der Waals surface area contributed by atoms with Crippen molar-refractivity contribution >= 4 is 0 Å². The van der Waals surface area contributed by atoms with E-state index in [1.807, 2.05) is 17.1 Å². The predicted molar refractivity (Wildman–Crippen MR) is 83.4 cm³/mol. The molecular formula is C17H23N3O. The van der Waals surface area contributed by atoms with Gasteiger partial charge in [-0.1, -0.05) is 19.1 Å². The molecule has 4 nitrogen and oxygen atoms in total. The van der Waals surface area contributed by atoms with Crippen LogP contribution in [0.1, 0.15) is 31.4 Å². The van der Waals surface area contributed by atoms with E-state index >= 15 is 0 Å². The maximum atomic E-state index is 9.27. The molecule has 2 atom stereocenters. The van der Waals surface area contributed by atoms with Gasteiger partial charge in [0.25, 0.3) is 0 Å². The van der Waals surface area contributed by atoms with E-state index in [-0.39, 0.29) is 6.61 Å². The minimum Gasteiger partial charge on any atom is -0.395 e. The molecule has 1 N–H and O–H groups in total. The molecule has 1 aliphatic rings. The summed E-state index contributed by atoms with van der Waals surface area (Å²) < 4.78 is 2.01. The number of aliphatic hydroxyl groups excluding tert-OH is 1. The van der Waals surface area contributed by atoms with Gasteiger partial charge in [-0.15, -0.1) is 0 Å². The molecule has 2 unspecified atom stereocenters. The number of likely N-dealkylation sites (tertiary alicyclic amines) is 1. The average molecular weight is 285 g/mol. The molecule has 2 aromatic rings. The number of hydrogen-bond acceptors (Lipinski definition) is 3. The summed E-state index contributed by atoms with van der Waals surface area (Å²) >= 11 is 0. The number of aliphatic hydroxyl groups is 1. The van der Waals surface area contributed by atoms with Crippen molar-refractivity contribution in [2.45, 2.75) is 25.8 Å². The molecule has 0 aliphatic carbocycles. The number of benzene rings is 1. The first kappa shape index (κ1) is 14.3. The number of piperidine rings is 1. The van der Waals surface area contributed by atoms with E-state index in [1.54, 1.807) is 6.20 Å². The van der Waals surface area contributed by atoms with Gasteiger partial charge in [-0.25, -0.2) is 4.98 Å². The lowest BCUT2D eigenvalue weighted by Gasteiger charge is -2.38. The quantitative estimate of drug-likeness (QED) is 0.939. The molecule has 1 aromatic heterocycles. The monoisotopic (exact) mass is 285 g/mol. The molecule has 1 aliphatic heterocycles. The summed E-state index contributed by atoms with van der Waals surface area (Å²) in [4.78, 5) is 6.49. The zero-order valence-corrected chi connectivity index (χ0v) is 12.5. The Balaban J connectivity index is 1.80. The van der Waals surface area contributed by atoms with Crippen LogP contribution < -0.4 is 0 Å². The number of β-amino-alcohol motifs (C(OH)–C–C–N with tert-alkyl or cyclic N) is 1. The maximum absolute atomic E-state index is 9.27. The van der Waals surface area contributed by atoms with Crippen molar-refractivity contribution in [2.75, 3.05) is 19.7 Å². The van der Waals surface area contributed by atoms with E-state index in [1.165, 1.54) is 18.4 Å². The molecule has 0 bridgehead atoms. The SMILES string of the molecule is CC1CCN(CCO)C(c2ccc(-n3ccnc3)cc2)C1. The lowest BCUT2D eigenvalue weighted by Crippen LogP contribution is -2.38. The average Bonchev–Trinajstić information content (AvgIpc) is 3.04. The second kappa shape index (κ2) is 6.41. The Morgan fingerprint density at radius 3 is 2.76 bits per heavy atom. The third kappa shape index (κ3) is 3.17. The molecule has 4 heteroatoms. The van der Waals surface area contributed by atoms with E-state index in [9.17, 15) is 5.11 Å². The third-order valence-electron chi connectivity index (χ3n) is 4.44. The molecule has 0 spiro atoms. The molecule has 3 rings (SSSR count). The van der Waals surface area contributed by atoms with Crippen LogP contribution in [0.3, 0.4) is 0 Å². The highest BCUT2D eigenvalue weighted by Gasteiger charge is 2.27. The summed E-state index contributed by atoms with van der Waals surface area (Å²) in [6.45, 7) is 4.40. The van der Waals surface area contributed by atoms with Crippen molar-refractivity contribution in [3.8, 4) is 5.69 Å². The Kier molecular flexibility index (Phi) is 4.36. The Morgan fingerprint density at radius 2 is 2.10 bits per heavy atom. The Morgan fingerprint density at radius 1 is 1.29 bits per heavy atom. The molecule has 1 fully saturated rings. The van der Waals surface area contributed by atoms with Crippen molar-refractivity contribution in [1.82, 2.24) is 14.5 Å². The molecule has 1 saturated heterocycles. The topological polar surface area (TPSA) is 41.3 Å². The van der Waals surface area contributed by atoms with E-state index in [0.717, 1.165) is 24.7 Å². The third-order valence-corrected chi connectivity index (χ3v) is 4.44. The van der Waals surface area contributed by atoms with Gasteiger partial charge < -0.3 is 9.67 Å². The number of imidazole rings is 1.